The van der Waals surface area contributed by atoms with Crippen molar-refractivity contribution in [3.05, 3.63) is 12.7 Å². The van der Waals surface area contributed by atoms with E-state index in [9.17, 15) is 4.79 Å². The summed E-state index contributed by atoms with van der Waals surface area (Å²) in [6, 6.07) is 0.144. The van der Waals surface area contributed by atoms with Crippen LogP contribution in [-0.4, -0.2) is 11.8 Å². The van der Waals surface area contributed by atoms with Crippen molar-refractivity contribution in [1.29, 1.82) is 0 Å². The van der Waals surface area contributed by atoms with Gasteiger partial charge in [-0.15, -0.1) is 6.58 Å². The molecule has 0 heterocycles. The van der Waals surface area contributed by atoms with Gasteiger partial charge in [0.15, 0.2) is 0 Å². The minimum atomic E-state index is 0.144. The average molecular weight is 209 g/mol. The third-order valence-electron chi connectivity index (χ3n) is 3.05. The second-order valence-electron chi connectivity index (χ2n) is 4.63. The highest BCUT2D eigenvalue weighted by atomic mass is 16.1. The third-order valence-corrected chi connectivity index (χ3v) is 3.05. The summed E-state index contributed by atoms with van der Waals surface area (Å²) in [5.74, 6) is 1.00. The molecule has 1 atom stereocenters. The zero-order chi connectivity index (χ0) is 11.1. The predicted octanol–water partition coefficient (Wildman–Crippen LogP) is 2.82. The van der Waals surface area contributed by atoms with Crippen molar-refractivity contribution in [3.63, 3.8) is 0 Å². The molecule has 2 N–H and O–H groups in total. The monoisotopic (exact) mass is 209 g/mol. The van der Waals surface area contributed by atoms with Crippen molar-refractivity contribution in [3.8, 4) is 0 Å². The lowest BCUT2D eigenvalue weighted by molar-refractivity contribution is -0.119. The van der Waals surface area contributed by atoms with E-state index in [4.69, 9.17) is 5.73 Å². The summed E-state index contributed by atoms with van der Waals surface area (Å²) in [6.45, 7) is 3.68. The van der Waals surface area contributed by atoms with Crippen LogP contribution in [0.4, 0.5) is 0 Å². The summed E-state index contributed by atoms with van der Waals surface area (Å²) >= 11 is 0. The Kier molecular flexibility index (Phi) is 5.62. The Morgan fingerprint density at radius 1 is 1.40 bits per heavy atom. The first kappa shape index (κ1) is 12.4. The van der Waals surface area contributed by atoms with Crippen molar-refractivity contribution < 1.29 is 4.79 Å². The van der Waals surface area contributed by atoms with Gasteiger partial charge in [0.25, 0.3) is 0 Å². The van der Waals surface area contributed by atoms with Gasteiger partial charge in [-0.1, -0.05) is 12.5 Å². The first-order valence-electron chi connectivity index (χ1n) is 6.12. The van der Waals surface area contributed by atoms with Crippen LogP contribution < -0.4 is 5.73 Å². The van der Waals surface area contributed by atoms with E-state index < -0.39 is 0 Å². The molecule has 2 heteroatoms. The minimum Gasteiger partial charge on any atom is -0.327 e. The molecular weight excluding hydrogens is 186 g/mol. The van der Waals surface area contributed by atoms with E-state index in [1.54, 1.807) is 0 Å². The van der Waals surface area contributed by atoms with Gasteiger partial charge in [0.1, 0.15) is 5.78 Å². The number of Topliss-reactive ketones (excluding diaryl/α,β-unsaturated/α-hetero) is 1. The summed E-state index contributed by atoms with van der Waals surface area (Å²) in [6.07, 6.45) is 10.1. The van der Waals surface area contributed by atoms with Crippen LogP contribution in [0.3, 0.4) is 0 Å². The van der Waals surface area contributed by atoms with Gasteiger partial charge in [0, 0.05) is 18.9 Å². The van der Waals surface area contributed by atoms with Crippen LogP contribution >= 0.6 is 0 Å². The number of ketones is 1. The largest absolute Gasteiger partial charge is 0.327 e. The van der Waals surface area contributed by atoms with Gasteiger partial charge in [-0.25, -0.2) is 0 Å². The van der Waals surface area contributed by atoms with Crippen LogP contribution in [0.2, 0.25) is 0 Å². The number of allylic oxidation sites excluding steroid dienone is 1. The second kappa shape index (κ2) is 6.78. The van der Waals surface area contributed by atoms with Crippen LogP contribution in [0, 0.1) is 5.92 Å². The normalized spacial score (nSPS) is 17.4. The molecule has 1 unspecified atom stereocenters. The minimum absolute atomic E-state index is 0.144. The SMILES string of the molecule is C=CCCCCCC(=O)CC(N)C1CC1. The molecule has 86 valence electrons. The molecule has 1 saturated carbocycles. The Morgan fingerprint density at radius 3 is 2.73 bits per heavy atom. The van der Waals surface area contributed by atoms with Gasteiger partial charge in [-0.3, -0.25) is 4.79 Å². The quantitative estimate of drug-likeness (QED) is 0.468. The summed E-state index contributed by atoms with van der Waals surface area (Å²) in [4.78, 5) is 11.5. The molecule has 0 aromatic heterocycles. The first-order chi connectivity index (χ1) is 7.24. The Hall–Kier alpha value is -0.630. The number of hydrogen-bond acceptors (Lipinski definition) is 2. The lowest BCUT2D eigenvalue weighted by atomic mass is 10.0. The summed E-state index contributed by atoms with van der Waals surface area (Å²) in [7, 11) is 0. The van der Waals surface area contributed by atoms with E-state index in [2.05, 4.69) is 6.58 Å². The topological polar surface area (TPSA) is 43.1 Å². The fraction of sp³-hybridized carbons (Fsp3) is 0.769. The highest BCUT2D eigenvalue weighted by Gasteiger charge is 2.29. The Bertz CT molecular complexity index is 209. The van der Waals surface area contributed by atoms with Crippen LogP contribution in [0.1, 0.15) is 51.4 Å². The van der Waals surface area contributed by atoms with Crippen LogP contribution in [0.25, 0.3) is 0 Å². The molecule has 2 nitrogen and oxygen atoms in total. The number of carbonyl (C=O) groups excluding carboxylic acids is 1. The van der Waals surface area contributed by atoms with Gasteiger partial charge < -0.3 is 5.73 Å². The maximum Gasteiger partial charge on any atom is 0.134 e. The second-order valence-corrected chi connectivity index (χ2v) is 4.63. The summed E-state index contributed by atoms with van der Waals surface area (Å²) in [5, 5.41) is 0. The molecule has 15 heavy (non-hydrogen) atoms. The molecule has 0 radical (unpaired) electrons. The molecule has 0 spiro atoms. The first-order valence-corrected chi connectivity index (χ1v) is 6.12. The van der Waals surface area contributed by atoms with E-state index >= 15 is 0 Å². The van der Waals surface area contributed by atoms with Gasteiger partial charge in [0.05, 0.1) is 0 Å². The maximum atomic E-state index is 11.5. The Balaban J connectivity index is 1.95. The number of unbranched alkanes of at least 4 members (excludes halogenated alkanes) is 3. The fourth-order valence-corrected chi connectivity index (χ4v) is 1.84. The van der Waals surface area contributed by atoms with E-state index in [1.165, 1.54) is 12.8 Å². The molecule has 0 bridgehead atoms. The van der Waals surface area contributed by atoms with Crippen molar-refractivity contribution in [2.75, 3.05) is 0 Å². The molecule has 0 amide bonds. The zero-order valence-electron chi connectivity index (χ0n) is 9.58. The molecule has 0 aromatic carbocycles. The molecule has 1 aliphatic carbocycles. The standard InChI is InChI=1S/C13H23NO/c1-2-3-4-5-6-7-12(15)10-13(14)11-8-9-11/h2,11,13H,1,3-10,14H2. The number of rotatable bonds is 9. The fourth-order valence-electron chi connectivity index (χ4n) is 1.84. The van der Waals surface area contributed by atoms with Crippen molar-refractivity contribution in [1.82, 2.24) is 0 Å². The predicted molar refractivity (Wildman–Crippen MR) is 63.6 cm³/mol. The van der Waals surface area contributed by atoms with Gasteiger partial charge in [0.2, 0.25) is 0 Å². The summed E-state index contributed by atoms with van der Waals surface area (Å²) in [5.41, 5.74) is 5.90. The molecule has 1 fully saturated rings. The van der Waals surface area contributed by atoms with Crippen LogP contribution in [0.5, 0.6) is 0 Å². The van der Waals surface area contributed by atoms with E-state index in [0.29, 0.717) is 18.1 Å². The van der Waals surface area contributed by atoms with E-state index in [-0.39, 0.29) is 6.04 Å². The lowest BCUT2D eigenvalue weighted by Crippen LogP contribution is -2.25. The van der Waals surface area contributed by atoms with Gasteiger partial charge >= 0.3 is 0 Å². The molecular formula is C13H23NO. The van der Waals surface area contributed by atoms with Crippen LogP contribution in [0.15, 0.2) is 12.7 Å². The van der Waals surface area contributed by atoms with Gasteiger partial charge in [-0.05, 0) is 38.0 Å². The molecule has 0 aliphatic heterocycles. The summed E-state index contributed by atoms with van der Waals surface area (Å²) < 4.78 is 0. The van der Waals surface area contributed by atoms with Gasteiger partial charge in [-0.2, -0.15) is 0 Å². The zero-order valence-corrected chi connectivity index (χ0v) is 9.58. The molecule has 0 saturated heterocycles. The highest BCUT2D eigenvalue weighted by Crippen LogP contribution is 2.33. The van der Waals surface area contributed by atoms with Crippen molar-refractivity contribution in [2.24, 2.45) is 11.7 Å². The van der Waals surface area contributed by atoms with Crippen LogP contribution in [-0.2, 0) is 4.79 Å². The van der Waals surface area contributed by atoms with Crippen molar-refractivity contribution in [2.45, 2.75) is 57.4 Å². The molecule has 0 aromatic rings. The number of hydrogen-bond donors (Lipinski definition) is 1. The molecule has 1 rings (SSSR count). The smallest absolute Gasteiger partial charge is 0.134 e. The third kappa shape index (κ3) is 5.73. The highest BCUT2D eigenvalue weighted by molar-refractivity contribution is 5.79. The Morgan fingerprint density at radius 2 is 2.13 bits per heavy atom. The maximum absolute atomic E-state index is 11.5. The lowest BCUT2D eigenvalue weighted by Gasteiger charge is -2.08. The van der Waals surface area contributed by atoms with E-state index in [1.807, 2.05) is 6.08 Å². The van der Waals surface area contributed by atoms with Crippen molar-refractivity contribution >= 4 is 5.78 Å². The number of nitrogens with two attached hydrogens (primary N) is 1. The average Bonchev–Trinajstić information content (AvgIpc) is 3.00. The number of carbonyl (C=O) groups is 1. The Labute approximate surface area is 92.9 Å². The van der Waals surface area contributed by atoms with E-state index in [0.717, 1.165) is 32.1 Å². The molecule has 1 aliphatic rings.